The van der Waals surface area contributed by atoms with Crippen LogP contribution in [0.15, 0.2) is 22.7 Å². The lowest BCUT2D eigenvalue weighted by Gasteiger charge is -2.35. The van der Waals surface area contributed by atoms with E-state index < -0.39 is 0 Å². The minimum atomic E-state index is -0.388. The highest BCUT2D eigenvalue weighted by molar-refractivity contribution is 9.10. The van der Waals surface area contributed by atoms with E-state index in [0.717, 1.165) is 25.7 Å². The highest BCUT2D eigenvalue weighted by atomic mass is 79.9. The molecule has 1 aliphatic carbocycles. The number of amides is 1. The maximum atomic E-state index is 13.1. The molecule has 110 valence electrons. The summed E-state index contributed by atoms with van der Waals surface area (Å²) in [6.45, 7) is 0.567. The number of nitrogens with one attached hydrogen (secondary N) is 1. The normalized spacial score (nSPS) is 17.8. The molecule has 0 unspecified atom stereocenters. The van der Waals surface area contributed by atoms with Gasteiger partial charge in [0.25, 0.3) is 5.91 Å². The van der Waals surface area contributed by atoms with E-state index >= 15 is 0 Å². The summed E-state index contributed by atoms with van der Waals surface area (Å²) in [5, 5.41) is 12.5. The quantitative estimate of drug-likeness (QED) is 0.881. The third kappa shape index (κ3) is 3.58. The van der Waals surface area contributed by atoms with Gasteiger partial charge in [-0.2, -0.15) is 0 Å². The lowest BCUT2D eigenvalue weighted by molar-refractivity contribution is 0.0718. The van der Waals surface area contributed by atoms with E-state index in [0.29, 0.717) is 12.1 Å². The molecule has 1 fully saturated rings. The van der Waals surface area contributed by atoms with Gasteiger partial charge >= 0.3 is 0 Å². The average molecular weight is 344 g/mol. The maximum Gasteiger partial charge on any atom is 0.251 e. The zero-order valence-electron chi connectivity index (χ0n) is 11.3. The molecule has 20 heavy (non-hydrogen) atoms. The van der Waals surface area contributed by atoms with Crippen LogP contribution in [-0.2, 0) is 0 Å². The van der Waals surface area contributed by atoms with Crippen LogP contribution in [-0.4, -0.2) is 24.2 Å². The molecule has 0 bridgehead atoms. The summed E-state index contributed by atoms with van der Waals surface area (Å²) in [5.41, 5.74) is 0.229. The first kappa shape index (κ1) is 15.4. The first-order chi connectivity index (χ1) is 9.56. The van der Waals surface area contributed by atoms with Crippen LogP contribution in [0.4, 0.5) is 4.39 Å². The molecule has 1 aromatic carbocycles. The lowest BCUT2D eigenvalue weighted by atomic mass is 9.74. The Morgan fingerprint density at radius 3 is 2.65 bits per heavy atom. The number of carbonyl (C=O) groups excluding carboxylic acids is 1. The van der Waals surface area contributed by atoms with Gasteiger partial charge in [-0.1, -0.05) is 19.3 Å². The molecule has 3 nitrogen and oxygen atoms in total. The fraction of sp³-hybridized carbons (Fsp3) is 0.533. The molecule has 1 aliphatic rings. The van der Waals surface area contributed by atoms with Crippen molar-refractivity contribution >= 4 is 21.8 Å². The molecular weight excluding hydrogens is 325 g/mol. The standard InChI is InChI=1S/C15H19BrFNO2/c16-12-8-11(4-5-13(12)17)14(20)18-9-15(10-19)6-2-1-3-7-15/h4-5,8,19H,1-3,6-7,9-10H2,(H,18,20). The fourth-order valence-corrected chi connectivity index (χ4v) is 3.08. The highest BCUT2D eigenvalue weighted by Gasteiger charge is 2.31. The first-order valence-corrected chi connectivity index (χ1v) is 7.70. The highest BCUT2D eigenvalue weighted by Crippen LogP contribution is 2.35. The second kappa shape index (κ2) is 6.68. The number of halogens is 2. The Kier molecular flexibility index (Phi) is 5.16. The lowest BCUT2D eigenvalue weighted by Crippen LogP contribution is -2.41. The molecule has 1 saturated carbocycles. The van der Waals surface area contributed by atoms with E-state index in [9.17, 15) is 14.3 Å². The van der Waals surface area contributed by atoms with Crippen molar-refractivity contribution in [3.63, 3.8) is 0 Å². The van der Waals surface area contributed by atoms with Crippen LogP contribution in [0.1, 0.15) is 42.5 Å². The van der Waals surface area contributed by atoms with Crippen LogP contribution < -0.4 is 5.32 Å². The van der Waals surface area contributed by atoms with Gasteiger partial charge in [-0.3, -0.25) is 4.79 Å². The van der Waals surface area contributed by atoms with Crippen molar-refractivity contribution in [3.05, 3.63) is 34.1 Å². The predicted molar refractivity (Wildman–Crippen MR) is 79.0 cm³/mol. The molecular formula is C15H19BrFNO2. The van der Waals surface area contributed by atoms with Gasteiger partial charge in [0, 0.05) is 17.5 Å². The Bertz CT molecular complexity index is 487. The fourth-order valence-electron chi connectivity index (χ4n) is 2.70. The molecule has 0 heterocycles. The second-order valence-electron chi connectivity index (χ2n) is 5.53. The van der Waals surface area contributed by atoms with Crippen LogP contribution in [0.2, 0.25) is 0 Å². The Morgan fingerprint density at radius 1 is 1.35 bits per heavy atom. The van der Waals surface area contributed by atoms with Crippen molar-refractivity contribution < 1.29 is 14.3 Å². The number of benzene rings is 1. The van der Waals surface area contributed by atoms with Crippen LogP contribution in [0.25, 0.3) is 0 Å². The van der Waals surface area contributed by atoms with E-state index in [1.807, 2.05) is 0 Å². The van der Waals surface area contributed by atoms with E-state index in [4.69, 9.17) is 0 Å². The van der Waals surface area contributed by atoms with Crippen molar-refractivity contribution in [2.75, 3.05) is 13.2 Å². The third-order valence-corrected chi connectivity index (χ3v) is 4.66. The van der Waals surface area contributed by atoms with Gasteiger partial charge in [0.1, 0.15) is 5.82 Å². The van der Waals surface area contributed by atoms with Crippen molar-refractivity contribution in [2.45, 2.75) is 32.1 Å². The first-order valence-electron chi connectivity index (χ1n) is 6.90. The van der Waals surface area contributed by atoms with Crippen LogP contribution in [0, 0.1) is 11.2 Å². The summed E-state index contributed by atoms with van der Waals surface area (Å²) in [5.74, 6) is -0.621. The Labute approximate surface area is 126 Å². The zero-order chi connectivity index (χ0) is 14.6. The van der Waals surface area contributed by atoms with E-state index in [-0.39, 0.29) is 28.2 Å². The van der Waals surface area contributed by atoms with Gasteiger partial charge in [0.15, 0.2) is 0 Å². The van der Waals surface area contributed by atoms with Gasteiger partial charge in [-0.05, 0) is 47.0 Å². The molecule has 1 amide bonds. The smallest absolute Gasteiger partial charge is 0.251 e. The van der Waals surface area contributed by atoms with E-state index in [2.05, 4.69) is 21.2 Å². The summed E-state index contributed by atoms with van der Waals surface area (Å²) >= 11 is 3.07. The van der Waals surface area contributed by atoms with Gasteiger partial charge in [-0.25, -0.2) is 4.39 Å². The molecule has 1 aromatic rings. The predicted octanol–water partition coefficient (Wildman–Crippen LogP) is 3.26. The van der Waals surface area contributed by atoms with Gasteiger partial charge in [-0.15, -0.1) is 0 Å². The summed E-state index contributed by atoms with van der Waals surface area (Å²) in [6, 6.07) is 4.19. The molecule has 0 atom stereocenters. The van der Waals surface area contributed by atoms with E-state index in [1.165, 1.54) is 24.6 Å². The van der Waals surface area contributed by atoms with Crippen LogP contribution >= 0.6 is 15.9 Å². The number of hydrogen-bond acceptors (Lipinski definition) is 2. The van der Waals surface area contributed by atoms with Gasteiger partial charge in [0.2, 0.25) is 0 Å². The molecule has 0 aromatic heterocycles. The van der Waals surface area contributed by atoms with Gasteiger partial charge in [0.05, 0.1) is 11.1 Å². The number of carbonyl (C=O) groups is 1. The average Bonchev–Trinajstić information content (AvgIpc) is 2.48. The SMILES string of the molecule is O=C(NCC1(CO)CCCCC1)c1ccc(F)c(Br)c1. The summed E-state index contributed by atoms with van der Waals surface area (Å²) < 4.78 is 13.4. The van der Waals surface area contributed by atoms with Crippen LogP contribution in [0.5, 0.6) is 0 Å². The number of aliphatic hydroxyl groups excluding tert-OH is 1. The zero-order valence-corrected chi connectivity index (χ0v) is 12.9. The number of hydrogen-bond donors (Lipinski definition) is 2. The minimum Gasteiger partial charge on any atom is -0.396 e. The molecule has 0 saturated heterocycles. The largest absolute Gasteiger partial charge is 0.396 e. The van der Waals surface area contributed by atoms with Crippen molar-refractivity contribution in [3.8, 4) is 0 Å². The van der Waals surface area contributed by atoms with Crippen molar-refractivity contribution in [1.29, 1.82) is 0 Å². The maximum absolute atomic E-state index is 13.1. The molecule has 0 radical (unpaired) electrons. The summed E-state index contributed by atoms with van der Waals surface area (Å²) in [4.78, 5) is 12.1. The van der Waals surface area contributed by atoms with Gasteiger partial charge < -0.3 is 10.4 Å². The molecule has 5 heteroatoms. The Balaban J connectivity index is 1.98. The molecule has 0 aliphatic heterocycles. The Hall–Kier alpha value is -0.940. The van der Waals surface area contributed by atoms with Crippen molar-refractivity contribution in [2.24, 2.45) is 5.41 Å². The van der Waals surface area contributed by atoms with Crippen LogP contribution in [0.3, 0.4) is 0 Å². The minimum absolute atomic E-state index is 0.0976. The summed E-state index contributed by atoms with van der Waals surface area (Å²) in [7, 11) is 0. The number of rotatable bonds is 4. The topological polar surface area (TPSA) is 49.3 Å². The Morgan fingerprint density at radius 2 is 2.05 bits per heavy atom. The number of aliphatic hydroxyl groups is 1. The molecule has 0 spiro atoms. The third-order valence-electron chi connectivity index (χ3n) is 4.06. The van der Waals surface area contributed by atoms with Crippen molar-refractivity contribution in [1.82, 2.24) is 5.32 Å². The molecule has 2 rings (SSSR count). The summed E-state index contributed by atoms with van der Waals surface area (Å²) in [6.07, 6.45) is 5.27. The monoisotopic (exact) mass is 343 g/mol. The van der Waals surface area contributed by atoms with E-state index in [1.54, 1.807) is 0 Å². The second-order valence-corrected chi connectivity index (χ2v) is 6.38. The molecule has 2 N–H and O–H groups in total.